The van der Waals surface area contributed by atoms with Crippen LogP contribution in [0.25, 0.3) is 10.9 Å². The van der Waals surface area contributed by atoms with E-state index in [2.05, 4.69) is 4.98 Å². The van der Waals surface area contributed by atoms with Crippen LogP contribution >= 0.6 is 11.8 Å². The lowest BCUT2D eigenvalue weighted by molar-refractivity contribution is -0.148. The highest BCUT2D eigenvalue weighted by Gasteiger charge is 2.27. The van der Waals surface area contributed by atoms with Crippen LogP contribution in [-0.2, 0) is 21.4 Å². The summed E-state index contributed by atoms with van der Waals surface area (Å²) in [5.74, 6) is -0.135. The van der Waals surface area contributed by atoms with E-state index in [1.807, 2.05) is 6.07 Å². The molecule has 1 amide bonds. The molecule has 0 bridgehead atoms. The first-order chi connectivity index (χ1) is 12.5. The molecule has 1 saturated heterocycles. The van der Waals surface area contributed by atoms with Gasteiger partial charge in [-0.1, -0.05) is 23.9 Å². The van der Waals surface area contributed by atoms with E-state index in [1.165, 1.54) is 23.4 Å². The van der Waals surface area contributed by atoms with Gasteiger partial charge in [0.1, 0.15) is 0 Å². The van der Waals surface area contributed by atoms with Gasteiger partial charge in [0.25, 0.3) is 5.56 Å². The van der Waals surface area contributed by atoms with E-state index in [0.29, 0.717) is 42.0 Å². The lowest BCUT2D eigenvalue weighted by Crippen LogP contribution is -2.41. The van der Waals surface area contributed by atoms with Crippen LogP contribution in [-0.4, -0.2) is 52.3 Å². The number of likely N-dealkylation sites (tertiary alicyclic amines) is 1. The molecular weight excluding hydrogens is 354 g/mol. The Bertz CT molecular complexity index is 888. The number of carbonyl (C=O) groups excluding carboxylic acids is 2. The Morgan fingerprint density at radius 3 is 2.65 bits per heavy atom. The average molecular weight is 375 g/mol. The smallest absolute Gasteiger partial charge is 0.308 e. The molecule has 0 N–H and O–H groups in total. The zero-order valence-electron chi connectivity index (χ0n) is 14.8. The number of hydrogen-bond donors (Lipinski definition) is 0. The van der Waals surface area contributed by atoms with Crippen molar-refractivity contribution >= 4 is 34.5 Å². The van der Waals surface area contributed by atoms with E-state index in [-0.39, 0.29) is 29.1 Å². The zero-order chi connectivity index (χ0) is 18.7. The summed E-state index contributed by atoms with van der Waals surface area (Å²) in [5.41, 5.74) is 0.508. The van der Waals surface area contributed by atoms with Gasteiger partial charge in [-0.15, -0.1) is 0 Å². The van der Waals surface area contributed by atoms with Gasteiger partial charge in [0.2, 0.25) is 5.91 Å². The lowest BCUT2D eigenvalue weighted by atomic mass is 9.97. The number of hydrogen-bond acceptors (Lipinski definition) is 6. The molecule has 8 heteroatoms. The third-order valence-electron chi connectivity index (χ3n) is 4.65. The van der Waals surface area contributed by atoms with Crippen LogP contribution in [0, 0.1) is 5.92 Å². The summed E-state index contributed by atoms with van der Waals surface area (Å²) in [4.78, 5) is 42.7. The first kappa shape index (κ1) is 18.4. The summed E-state index contributed by atoms with van der Waals surface area (Å²) < 4.78 is 6.24. The molecular formula is C18H21N3O4S. The Labute approximate surface area is 155 Å². The molecule has 0 unspecified atom stereocenters. The maximum atomic E-state index is 12.5. The minimum Gasteiger partial charge on any atom is -0.469 e. The Morgan fingerprint density at radius 2 is 1.96 bits per heavy atom. The van der Waals surface area contributed by atoms with Crippen molar-refractivity contribution in [2.45, 2.75) is 18.0 Å². The number of piperidine rings is 1. The Kier molecular flexibility index (Phi) is 5.61. The number of carbonyl (C=O) groups is 2. The number of fused-ring (bicyclic) bond motifs is 1. The quantitative estimate of drug-likeness (QED) is 0.457. The van der Waals surface area contributed by atoms with Gasteiger partial charge in [-0.05, 0) is 25.0 Å². The number of methoxy groups -OCH3 is 1. The number of aromatic nitrogens is 2. The van der Waals surface area contributed by atoms with Crippen molar-refractivity contribution in [1.82, 2.24) is 14.5 Å². The molecule has 0 spiro atoms. The summed E-state index contributed by atoms with van der Waals surface area (Å²) in [6.45, 7) is 1.09. The van der Waals surface area contributed by atoms with Crippen molar-refractivity contribution in [3.05, 3.63) is 34.6 Å². The van der Waals surface area contributed by atoms with Crippen LogP contribution in [0.2, 0.25) is 0 Å². The highest BCUT2D eigenvalue weighted by molar-refractivity contribution is 7.99. The fraction of sp³-hybridized carbons (Fsp3) is 0.444. The number of esters is 1. The van der Waals surface area contributed by atoms with Crippen LogP contribution in [0.5, 0.6) is 0 Å². The van der Waals surface area contributed by atoms with Crippen molar-refractivity contribution in [1.29, 1.82) is 0 Å². The van der Waals surface area contributed by atoms with Crippen molar-refractivity contribution < 1.29 is 14.3 Å². The topological polar surface area (TPSA) is 81.5 Å². The minimum atomic E-state index is -0.207. The standard InChI is InChI=1S/C18H21N3O4S/c1-20-16(23)13-5-3-4-6-14(13)19-18(20)26-11-15(22)21-9-7-12(8-10-21)17(24)25-2/h3-6,12H,7-11H2,1-2H3. The van der Waals surface area contributed by atoms with Crippen LogP contribution < -0.4 is 5.56 Å². The van der Waals surface area contributed by atoms with Gasteiger partial charge < -0.3 is 9.64 Å². The molecule has 1 aromatic carbocycles. The summed E-state index contributed by atoms with van der Waals surface area (Å²) >= 11 is 1.26. The van der Waals surface area contributed by atoms with Crippen molar-refractivity contribution in [2.75, 3.05) is 26.0 Å². The number of ether oxygens (including phenoxy) is 1. The van der Waals surface area contributed by atoms with E-state index >= 15 is 0 Å². The first-order valence-electron chi connectivity index (χ1n) is 8.45. The summed E-state index contributed by atoms with van der Waals surface area (Å²) in [7, 11) is 3.05. The van der Waals surface area contributed by atoms with Gasteiger partial charge in [0.15, 0.2) is 5.16 Å². The van der Waals surface area contributed by atoms with E-state index in [1.54, 1.807) is 30.1 Å². The number of amides is 1. The summed E-state index contributed by atoms with van der Waals surface area (Å²) in [5, 5.41) is 1.09. The van der Waals surface area contributed by atoms with Crippen molar-refractivity contribution in [3.63, 3.8) is 0 Å². The first-order valence-corrected chi connectivity index (χ1v) is 9.44. The number of benzene rings is 1. The molecule has 1 aromatic heterocycles. The maximum Gasteiger partial charge on any atom is 0.308 e. The van der Waals surface area contributed by atoms with E-state index in [4.69, 9.17) is 4.74 Å². The largest absolute Gasteiger partial charge is 0.469 e. The van der Waals surface area contributed by atoms with Gasteiger partial charge in [-0.2, -0.15) is 0 Å². The third-order valence-corrected chi connectivity index (χ3v) is 5.66. The lowest BCUT2D eigenvalue weighted by Gasteiger charge is -2.30. The van der Waals surface area contributed by atoms with E-state index in [9.17, 15) is 14.4 Å². The Hall–Kier alpha value is -2.35. The van der Waals surface area contributed by atoms with Gasteiger partial charge >= 0.3 is 5.97 Å². The zero-order valence-corrected chi connectivity index (χ0v) is 15.6. The Balaban J connectivity index is 1.64. The molecule has 0 radical (unpaired) electrons. The van der Waals surface area contributed by atoms with E-state index < -0.39 is 0 Å². The summed E-state index contributed by atoms with van der Waals surface area (Å²) in [6, 6.07) is 7.18. The number of nitrogens with zero attached hydrogens (tertiary/aromatic N) is 3. The van der Waals surface area contributed by atoms with E-state index in [0.717, 1.165) is 0 Å². The maximum absolute atomic E-state index is 12.5. The molecule has 1 aliphatic rings. The number of para-hydroxylation sites is 1. The molecule has 7 nitrogen and oxygen atoms in total. The molecule has 2 heterocycles. The predicted molar refractivity (Wildman–Crippen MR) is 99.0 cm³/mol. The van der Waals surface area contributed by atoms with Gasteiger partial charge in [0, 0.05) is 20.1 Å². The molecule has 3 rings (SSSR count). The van der Waals surface area contributed by atoms with Crippen LogP contribution in [0.1, 0.15) is 12.8 Å². The third kappa shape index (κ3) is 3.75. The fourth-order valence-electron chi connectivity index (χ4n) is 3.08. The van der Waals surface area contributed by atoms with Crippen molar-refractivity contribution in [3.8, 4) is 0 Å². The van der Waals surface area contributed by atoms with Gasteiger partial charge in [-0.3, -0.25) is 19.0 Å². The van der Waals surface area contributed by atoms with Gasteiger partial charge in [-0.25, -0.2) is 4.98 Å². The monoisotopic (exact) mass is 375 g/mol. The summed E-state index contributed by atoms with van der Waals surface area (Å²) in [6.07, 6.45) is 1.24. The molecule has 2 aromatic rings. The molecule has 0 saturated carbocycles. The Morgan fingerprint density at radius 1 is 1.27 bits per heavy atom. The minimum absolute atomic E-state index is 0.0132. The second-order valence-electron chi connectivity index (χ2n) is 6.24. The predicted octanol–water partition coefficient (Wildman–Crippen LogP) is 1.44. The van der Waals surface area contributed by atoms with Crippen molar-refractivity contribution in [2.24, 2.45) is 13.0 Å². The van der Waals surface area contributed by atoms with Crippen LogP contribution in [0.15, 0.2) is 34.2 Å². The molecule has 0 atom stereocenters. The molecule has 26 heavy (non-hydrogen) atoms. The SMILES string of the molecule is COC(=O)C1CCN(C(=O)CSc2nc3ccccc3c(=O)n2C)CC1. The second kappa shape index (κ2) is 7.90. The molecule has 1 fully saturated rings. The number of rotatable bonds is 4. The van der Waals surface area contributed by atoms with Gasteiger partial charge in [0.05, 0.1) is 29.7 Å². The second-order valence-corrected chi connectivity index (χ2v) is 7.19. The van der Waals surface area contributed by atoms with Crippen LogP contribution in [0.4, 0.5) is 0 Å². The molecule has 1 aliphatic heterocycles. The fourth-order valence-corrected chi connectivity index (χ4v) is 3.95. The highest BCUT2D eigenvalue weighted by atomic mass is 32.2. The highest BCUT2D eigenvalue weighted by Crippen LogP contribution is 2.21. The molecule has 138 valence electrons. The van der Waals surface area contributed by atoms with Crippen LogP contribution in [0.3, 0.4) is 0 Å². The normalized spacial score (nSPS) is 15.2. The molecule has 0 aliphatic carbocycles. The average Bonchev–Trinajstić information content (AvgIpc) is 2.69. The number of thioether (sulfide) groups is 1.